The van der Waals surface area contributed by atoms with Crippen molar-refractivity contribution < 1.29 is 8.78 Å². The molecule has 4 heterocycles. The third-order valence-electron chi connectivity index (χ3n) is 7.61. The smallest absolute Gasteiger partial charge is 0.159 e. The lowest BCUT2D eigenvalue weighted by Crippen LogP contribution is -2.07. The highest BCUT2D eigenvalue weighted by Gasteiger charge is 2.20. The average Bonchev–Trinajstić information content (AvgIpc) is 3.72. The van der Waals surface area contributed by atoms with E-state index in [2.05, 4.69) is 37.0 Å². The minimum Gasteiger partial charge on any atom is -0.358 e. The van der Waals surface area contributed by atoms with Crippen LogP contribution in [0.25, 0.3) is 55.8 Å². The number of benzene rings is 2. The van der Waals surface area contributed by atoms with Gasteiger partial charge in [0, 0.05) is 46.2 Å². The molecule has 2 aromatic carbocycles. The molecule has 3 N–H and O–H groups in total. The molecule has 1 aliphatic rings. The van der Waals surface area contributed by atoms with Gasteiger partial charge in [0.2, 0.25) is 0 Å². The van der Waals surface area contributed by atoms with Crippen molar-refractivity contribution >= 4 is 27.6 Å². The number of halogens is 2. The van der Waals surface area contributed by atoms with Crippen molar-refractivity contribution in [3.63, 3.8) is 0 Å². The standard InChI is InChI=1S/C31H25F2N7/c1-17(18-6-2-3-7-18)36-20-12-19(15-34-16-20)22-13-23-27(14-25(22)33)39-40-29(23)31-37-26-10-11-35-28(30(26)38-31)21-8-4-5-9-24(21)32/h4-5,8-16,18,36H,1-3,6-7H2,(H,37,38)(H,39,40). The predicted octanol–water partition coefficient (Wildman–Crippen LogP) is 7.62. The van der Waals surface area contributed by atoms with Crippen LogP contribution < -0.4 is 5.32 Å². The summed E-state index contributed by atoms with van der Waals surface area (Å²) < 4.78 is 29.9. The zero-order valence-electron chi connectivity index (χ0n) is 21.5. The molecule has 0 saturated heterocycles. The Labute approximate surface area is 228 Å². The van der Waals surface area contributed by atoms with Gasteiger partial charge in [-0.3, -0.25) is 15.1 Å². The third-order valence-corrected chi connectivity index (χ3v) is 7.61. The highest BCUT2D eigenvalue weighted by molar-refractivity contribution is 5.97. The van der Waals surface area contributed by atoms with Gasteiger partial charge in [-0.2, -0.15) is 5.10 Å². The van der Waals surface area contributed by atoms with E-state index in [4.69, 9.17) is 4.98 Å². The summed E-state index contributed by atoms with van der Waals surface area (Å²) in [5.74, 6) is 0.135. The number of pyridine rings is 2. The van der Waals surface area contributed by atoms with Crippen LogP contribution in [0, 0.1) is 17.6 Å². The van der Waals surface area contributed by atoms with Gasteiger partial charge in [0.25, 0.3) is 0 Å². The number of anilines is 1. The molecule has 0 aliphatic heterocycles. The Morgan fingerprint density at radius 1 is 0.925 bits per heavy atom. The first-order valence-electron chi connectivity index (χ1n) is 13.2. The second kappa shape index (κ2) is 9.68. The van der Waals surface area contributed by atoms with Gasteiger partial charge in [0.05, 0.1) is 22.9 Å². The molecule has 198 valence electrons. The largest absolute Gasteiger partial charge is 0.358 e. The van der Waals surface area contributed by atoms with Gasteiger partial charge in [0.1, 0.15) is 28.5 Å². The minimum absolute atomic E-state index is 0.360. The van der Waals surface area contributed by atoms with Crippen molar-refractivity contribution in [2.75, 3.05) is 5.32 Å². The maximum Gasteiger partial charge on any atom is 0.159 e. The molecule has 7 nitrogen and oxygen atoms in total. The number of allylic oxidation sites excluding steroid dienone is 1. The first kappa shape index (κ1) is 24.1. The molecule has 1 fully saturated rings. The van der Waals surface area contributed by atoms with Crippen LogP contribution >= 0.6 is 0 Å². The predicted molar refractivity (Wildman–Crippen MR) is 152 cm³/mol. The lowest BCUT2D eigenvalue weighted by atomic mass is 10.0. The number of aromatic amines is 2. The molecule has 40 heavy (non-hydrogen) atoms. The van der Waals surface area contributed by atoms with Crippen molar-refractivity contribution in [1.82, 2.24) is 30.1 Å². The molecule has 7 rings (SSSR count). The summed E-state index contributed by atoms with van der Waals surface area (Å²) in [5, 5.41) is 11.4. The Hall–Kier alpha value is -4.92. The Kier molecular flexibility index (Phi) is 5.84. The van der Waals surface area contributed by atoms with Crippen LogP contribution in [0.2, 0.25) is 0 Å². The van der Waals surface area contributed by atoms with E-state index in [0.717, 1.165) is 24.2 Å². The van der Waals surface area contributed by atoms with Gasteiger partial charge in [-0.05, 0) is 49.1 Å². The lowest BCUT2D eigenvalue weighted by Gasteiger charge is -2.16. The highest BCUT2D eigenvalue weighted by Crippen LogP contribution is 2.35. The monoisotopic (exact) mass is 533 g/mol. The van der Waals surface area contributed by atoms with Gasteiger partial charge in [-0.15, -0.1) is 0 Å². The minimum atomic E-state index is -0.396. The Balaban J connectivity index is 1.28. The summed E-state index contributed by atoms with van der Waals surface area (Å²) >= 11 is 0. The third kappa shape index (κ3) is 4.20. The number of nitrogens with zero attached hydrogens (tertiary/aromatic N) is 4. The summed E-state index contributed by atoms with van der Waals surface area (Å²) in [6, 6.07) is 13.3. The van der Waals surface area contributed by atoms with Crippen LogP contribution in [0.4, 0.5) is 14.5 Å². The fraction of sp³-hybridized carbons (Fsp3) is 0.161. The van der Waals surface area contributed by atoms with Crippen LogP contribution in [-0.4, -0.2) is 30.1 Å². The molecule has 0 bridgehead atoms. The van der Waals surface area contributed by atoms with E-state index in [9.17, 15) is 4.39 Å². The van der Waals surface area contributed by atoms with Crippen LogP contribution in [0.15, 0.2) is 79.4 Å². The molecule has 0 amide bonds. The van der Waals surface area contributed by atoms with Crippen LogP contribution in [-0.2, 0) is 0 Å². The summed E-state index contributed by atoms with van der Waals surface area (Å²) in [6.07, 6.45) is 9.67. The molecular weight excluding hydrogens is 508 g/mol. The molecule has 9 heteroatoms. The van der Waals surface area contributed by atoms with Crippen molar-refractivity contribution in [3.8, 4) is 33.9 Å². The summed E-state index contributed by atoms with van der Waals surface area (Å²) in [5.41, 5.74) is 5.81. The summed E-state index contributed by atoms with van der Waals surface area (Å²) in [6.45, 7) is 4.22. The summed E-state index contributed by atoms with van der Waals surface area (Å²) in [4.78, 5) is 16.8. The van der Waals surface area contributed by atoms with Crippen LogP contribution in [0.5, 0.6) is 0 Å². The zero-order valence-corrected chi connectivity index (χ0v) is 21.5. The van der Waals surface area contributed by atoms with Crippen molar-refractivity contribution in [2.24, 2.45) is 5.92 Å². The van der Waals surface area contributed by atoms with E-state index in [1.54, 1.807) is 48.9 Å². The van der Waals surface area contributed by atoms with E-state index in [1.807, 2.05) is 6.07 Å². The fourth-order valence-corrected chi connectivity index (χ4v) is 5.55. The molecular formula is C31H25F2N7. The van der Waals surface area contributed by atoms with Crippen LogP contribution in [0.3, 0.4) is 0 Å². The van der Waals surface area contributed by atoms with Crippen molar-refractivity contribution in [1.29, 1.82) is 0 Å². The van der Waals surface area contributed by atoms with E-state index >= 15 is 4.39 Å². The quantitative estimate of drug-likeness (QED) is 0.205. The van der Waals surface area contributed by atoms with E-state index in [1.165, 1.54) is 25.0 Å². The van der Waals surface area contributed by atoms with Gasteiger partial charge in [-0.25, -0.2) is 13.8 Å². The van der Waals surface area contributed by atoms with Gasteiger partial charge >= 0.3 is 0 Å². The maximum atomic E-state index is 15.3. The SMILES string of the molecule is C=C(Nc1cncc(-c2cc3c(-c4nc5c(-c6ccccc6F)nccc5[nH]4)n[nH]c3cc2F)c1)C1CCCC1. The Bertz CT molecular complexity index is 1900. The number of hydrogen-bond donors (Lipinski definition) is 3. The van der Waals surface area contributed by atoms with Gasteiger partial charge in [-0.1, -0.05) is 31.6 Å². The number of rotatable bonds is 6. The molecule has 6 aromatic rings. The summed E-state index contributed by atoms with van der Waals surface area (Å²) in [7, 11) is 0. The number of aromatic nitrogens is 6. The van der Waals surface area contributed by atoms with Crippen LogP contribution in [0.1, 0.15) is 25.7 Å². The molecule has 0 spiro atoms. The highest BCUT2D eigenvalue weighted by atomic mass is 19.1. The Morgan fingerprint density at radius 2 is 1.77 bits per heavy atom. The second-order valence-corrected chi connectivity index (χ2v) is 10.2. The van der Waals surface area contributed by atoms with E-state index < -0.39 is 5.82 Å². The van der Waals surface area contributed by atoms with E-state index in [0.29, 0.717) is 61.8 Å². The van der Waals surface area contributed by atoms with Crippen molar-refractivity contribution in [3.05, 3.63) is 91.0 Å². The number of imidazole rings is 1. The van der Waals surface area contributed by atoms with Gasteiger partial charge < -0.3 is 10.3 Å². The maximum absolute atomic E-state index is 15.3. The first-order valence-corrected chi connectivity index (χ1v) is 13.2. The number of fused-ring (bicyclic) bond motifs is 2. The topological polar surface area (TPSA) is 95.2 Å². The fourth-order valence-electron chi connectivity index (χ4n) is 5.55. The second-order valence-electron chi connectivity index (χ2n) is 10.2. The molecule has 1 aliphatic carbocycles. The average molecular weight is 534 g/mol. The zero-order chi connectivity index (χ0) is 27.2. The van der Waals surface area contributed by atoms with Gasteiger partial charge in [0.15, 0.2) is 5.82 Å². The molecule has 1 saturated carbocycles. The first-order chi connectivity index (χ1) is 19.5. The molecule has 4 aromatic heterocycles. The van der Waals surface area contributed by atoms with Crippen molar-refractivity contribution in [2.45, 2.75) is 25.7 Å². The Morgan fingerprint density at radius 3 is 2.62 bits per heavy atom. The number of H-pyrrole nitrogens is 2. The number of hydrogen-bond acceptors (Lipinski definition) is 5. The molecule has 0 radical (unpaired) electrons. The van der Waals surface area contributed by atoms with E-state index in [-0.39, 0.29) is 5.82 Å². The lowest BCUT2D eigenvalue weighted by molar-refractivity contribution is 0.631. The molecule has 0 unspecified atom stereocenters. The molecule has 0 atom stereocenters. The normalized spacial score (nSPS) is 13.8. The number of nitrogens with one attached hydrogen (secondary N) is 3.